The third kappa shape index (κ3) is 8.82. The Morgan fingerprint density at radius 2 is 2.00 bits per heavy atom. The summed E-state index contributed by atoms with van der Waals surface area (Å²) >= 11 is 0. The van der Waals surface area contributed by atoms with E-state index in [0.717, 1.165) is 0 Å². The summed E-state index contributed by atoms with van der Waals surface area (Å²) < 4.78 is 0. The van der Waals surface area contributed by atoms with Gasteiger partial charge in [-0.25, -0.2) is 0 Å². The van der Waals surface area contributed by atoms with E-state index in [-0.39, 0.29) is 36.9 Å². The average Bonchev–Trinajstić information content (AvgIpc) is 1.38. The largest absolute Gasteiger partial charge is 1.00 e. The van der Waals surface area contributed by atoms with Crippen LogP contribution in [0.2, 0.25) is 0 Å². The van der Waals surface area contributed by atoms with Crippen molar-refractivity contribution >= 4 is 5.91 Å². The first-order valence-electron chi connectivity index (χ1n) is 1.45. The van der Waals surface area contributed by atoms with E-state index in [0.29, 0.717) is 0 Å². The summed E-state index contributed by atoms with van der Waals surface area (Å²) in [5, 5.41) is 2.39. The topological polar surface area (TPSA) is 29.1 Å². The van der Waals surface area contributed by atoms with Crippen molar-refractivity contribution in [2.24, 2.45) is 0 Å². The van der Waals surface area contributed by atoms with Crippen LogP contribution >= 0.6 is 0 Å². The summed E-state index contributed by atoms with van der Waals surface area (Å²) in [5.74, 6) is 0.00463. The van der Waals surface area contributed by atoms with Crippen molar-refractivity contribution in [1.82, 2.24) is 5.32 Å². The van der Waals surface area contributed by atoms with Crippen molar-refractivity contribution in [2.45, 2.75) is 6.92 Å². The molecule has 0 aliphatic heterocycles. The van der Waals surface area contributed by atoms with Gasteiger partial charge in [-0.1, -0.05) is 0 Å². The van der Waals surface area contributed by atoms with Crippen LogP contribution in [-0.2, 0) is 4.79 Å². The minimum atomic E-state index is 0. The average molecular weight is 97.1 g/mol. The Labute approximate surface area is 61.1 Å². The third-order valence-corrected chi connectivity index (χ3v) is 0.352. The van der Waals surface area contributed by atoms with E-state index in [1.54, 1.807) is 7.05 Å². The fourth-order valence-electron chi connectivity index (χ4n) is 0. The van der Waals surface area contributed by atoms with Gasteiger partial charge in [-0.15, -0.1) is 0 Å². The minimum absolute atomic E-state index is 0. The number of hydrogen-bond acceptors (Lipinski definition) is 1. The molecule has 0 fully saturated rings. The molecule has 0 unspecified atom stereocenters. The normalized spacial score (nSPS) is 5.67. The fraction of sp³-hybridized carbons (Fsp3) is 0.667. The molecule has 0 aromatic heterocycles. The number of nitrogens with one attached hydrogen (secondary N) is 1. The first-order chi connectivity index (χ1) is 2.27. The Bertz CT molecular complexity index is 50.2. The summed E-state index contributed by atoms with van der Waals surface area (Å²) in [6, 6.07) is 0. The molecule has 0 aliphatic carbocycles. The summed E-state index contributed by atoms with van der Waals surface area (Å²) in [6.07, 6.45) is 0. The fourth-order valence-corrected chi connectivity index (χ4v) is 0. The molecule has 1 N–H and O–H groups in total. The van der Waals surface area contributed by atoms with Crippen LogP contribution in [0, 0.1) is 0 Å². The van der Waals surface area contributed by atoms with E-state index >= 15 is 0 Å². The zero-order valence-electron chi connectivity index (χ0n) is 5.41. The second-order valence-corrected chi connectivity index (χ2v) is 0.806. The van der Waals surface area contributed by atoms with Gasteiger partial charge < -0.3 is 6.74 Å². The van der Waals surface area contributed by atoms with Crippen LogP contribution in [0.5, 0.6) is 0 Å². The Kier molecular flexibility index (Phi) is 8.83. The van der Waals surface area contributed by atoms with Gasteiger partial charge in [0.2, 0.25) is 5.91 Å². The molecule has 0 spiro atoms. The number of carbonyl (C=O) groups excluding carboxylic acids is 1. The number of amides is 1. The molecule has 0 saturated carbocycles. The van der Waals surface area contributed by atoms with Gasteiger partial charge in [0.1, 0.15) is 0 Å². The molecule has 32 valence electrons. The molecule has 3 heteroatoms. The molecule has 6 heavy (non-hydrogen) atoms. The van der Waals surface area contributed by atoms with Crippen LogP contribution in [-0.4, -0.2) is 13.0 Å². The molecular weight excluding hydrogens is 89.0 g/mol. The smallest absolute Gasteiger partial charge is 1.00 e. The zero-order valence-corrected chi connectivity index (χ0v) is 6.41. The Hall–Kier alpha value is 0.470. The summed E-state index contributed by atoms with van der Waals surface area (Å²) in [7, 11) is 1.60. The quantitative estimate of drug-likeness (QED) is 0.318. The van der Waals surface area contributed by atoms with Gasteiger partial charge in [0.05, 0.1) is 0 Å². The maximum atomic E-state index is 9.70. The number of hydrogen-bond donors (Lipinski definition) is 1. The van der Waals surface area contributed by atoms with Gasteiger partial charge in [0.25, 0.3) is 0 Å². The van der Waals surface area contributed by atoms with Gasteiger partial charge >= 0.3 is 29.6 Å². The molecule has 0 saturated heterocycles. The molecule has 0 aromatic carbocycles. The summed E-state index contributed by atoms with van der Waals surface area (Å²) in [6.45, 7) is 1.47. The minimum Gasteiger partial charge on any atom is -1.00 e. The van der Waals surface area contributed by atoms with E-state index in [1.807, 2.05) is 0 Å². The van der Waals surface area contributed by atoms with Gasteiger partial charge in [0, 0.05) is 14.0 Å². The zero-order chi connectivity index (χ0) is 4.28. The van der Waals surface area contributed by atoms with E-state index in [1.165, 1.54) is 6.92 Å². The van der Waals surface area contributed by atoms with Gasteiger partial charge in [-0.3, -0.25) is 4.79 Å². The second kappa shape index (κ2) is 5.47. The van der Waals surface area contributed by atoms with Crippen molar-refractivity contribution in [1.29, 1.82) is 0 Å². The van der Waals surface area contributed by atoms with Crippen LogP contribution in [0.1, 0.15) is 8.35 Å². The monoisotopic (exact) mass is 97.1 g/mol. The molecule has 1 amide bonds. The molecule has 0 aliphatic rings. The summed E-state index contributed by atoms with van der Waals surface area (Å²) in [5.41, 5.74) is 0. The van der Waals surface area contributed by atoms with Crippen molar-refractivity contribution in [3.8, 4) is 0 Å². The van der Waals surface area contributed by atoms with Crippen LogP contribution in [0.4, 0.5) is 0 Å². The second-order valence-electron chi connectivity index (χ2n) is 0.806. The van der Waals surface area contributed by atoms with Crippen LogP contribution < -0.4 is 34.9 Å². The first-order valence-corrected chi connectivity index (χ1v) is 1.45. The van der Waals surface area contributed by atoms with Crippen LogP contribution in [0.25, 0.3) is 0 Å². The molecule has 0 atom stereocenters. The molecule has 0 heterocycles. The molecule has 0 rings (SSSR count). The molecule has 0 bridgehead atoms. The van der Waals surface area contributed by atoms with E-state index < -0.39 is 0 Å². The van der Waals surface area contributed by atoms with Gasteiger partial charge in [-0.2, -0.15) is 0 Å². The Morgan fingerprint density at radius 1 is 1.83 bits per heavy atom. The maximum absolute atomic E-state index is 9.70. The van der Waals surface area contributed by atoms with Crippen LogP contribution in [0.3, 0.4) is 0 Å². The SMILES string of the molecule is CNC(C)=O.[H-].[Na+]. The van der Waals surface area contributed by atoms with Gasteiger partial charge in [-0.05, 0) is 0 Å². The standard InChI is InChI=1S/C3H7NO.Na.H/c1-3(5)4-2;;/h1-2H3,(H,4,5);;/q;+1;-1. The predicted molar refractivity (Wildman–Crippen MR) is 20.9 cm³/mol. The van der Waals surface area contributed by atoms with Gasteiger partial charge in [0.15, 0.2) is 0 Å². The van der Waals surface area contributed by atoms with Crippen LogP contribution in [0.15, 0.2) is 0 Å². The van der Waals surface area contributed by atoms with E-state index in [2.05, 4.69) is 5.32 Å². The maximum Gasteiger partial charge on any atom is 1.00 e. The van der Waals surface area contributed by atoms with E-state index in [9.17, 15) is 4.79 Å². The Balaban J connectivity index is -0.0000000800. The van der Waals surface area contributed by atoms with E-state index in [4.69, 9.17) is 0 Å². The molecule has 0 radical (unpaired) electrons. The first kappa shape index (κ1) is 9.69. The third-order valence-electron chi connectivity index (χ3n) is 0.352. The predicted octanol–water partition coefficient (Wildman–Crippen LogP) is -3.13. The molecule has 0 aromatic rings. The summed E-state index contributed by atoms with van der Waals surface area (Å²) in [4.78, 5) is 9.70. The van der Waals surface area contributed by atoms with Crippen molar-refractivity contribution < 1.29 is 35.8 Å². The Morgan fingerprint density at radius 3 is 2.00 bits per heavy atom. The number of rotatable bonds is 0. The molecule has 2 nitrogen and oxygen atoms in total. The van der Waals surface area contributed by atoms with Crippen molar-refractivity contribution in [3.63, 3.8) is 0 Å². The van der Waals surface area contributed by atoms with Crippen molar-refractivity contribution in [2.75, 3.05) is 7.05 Å². The van der Waals surface area contributed by atoms with Crippen molar-refractivity contribution in [3.05, 3.63) is 0 Å². The molecular formula is C3H8NNaO. The number of carbonyl (C=O) groups is 1.